The van der Waals surface area contributed by atoms with Gasteiger partial charge in [-0.15, -0.1) is 0 Å². The van der Waals surface area contributed by atoms with Crippen molar-refractivity contribution in [3.05, 3.63) is 33.8 Å². The van der Waals surface area contributed by atoms with Gasteiger partial charge in [0, 0.05) is 17.9 Å². The normalized spacial score (nSPS) is 15.1. The zero-order valence-corrected chi connectivity index (χ0v) is 13.6. The van der Waals surface area contributed by atoms with Crippen molar-refractivity contribution in [2.75, 3.05) is 11.9 Å². The van der Waals surface area contributed by atoms with Crippen molar-refractivity contribution >= 4 is 45.0 Å². The summed E-state index contributed by atoms with van der Waals surface area (Å²) in [7, 11) is 0. The first-order valence-electron chi connectivity index (χ1n) is 6.46. The first-order chi connectivity index (χ1) is 9.15. The van der Waals surface area contributed by atoms with Crippen molar-refractivity contribution in [3.8, 4) is 0 Å². The standard InChI is InChI=1S/C14H16BrCl2NO/c15-8-3-9-18(10-4-1-5-10)14(19)11-6-2-7-12(16)13(11)17/h2,6-7,10H,1,3-5,8-9H2. The molecule has 0 N–H and O–H groups in total. The van der Waals surface area contributed by atoms with E-state index in [1.165, 1.54) is 6.42 Å². The molecule has 5 heteroatoms. The number of carbonyl (C=O) groups is 1. The SMILES string of the molecule is O=C(c1cccc(Cl)c1Cl)N(CCCBr)C1CCC1. The number of hydrogen-bond donors (Lipinski definition) is 0. The third kappa shape index (κ3) is 3.45. The van der Waals surface area contributed by atoms with Crippen molar-refractivity contribution in [3.63, 3.8) is 0 Å². The van der Waals surface area contributed by atoms with Crippen LogP contribution >= 0.6 is 39.1 Å². The van der Waals surface area contributed by atoms with E-state index in [9.17, 15) is 4.79 Å². The Hall–Kier alpha value is -0.250. The van der Waals surface area contributed by atoms with Crippen LogP contribution in [-0.2, 0) is 0 Å². The molecule has 0 bridgehead atoms. The quantitative estimate of drug-likeness (QED) is 0.689. The summed E-state index contributed by atoms with van der Waals surface area (Å²) >= 11 is 15.5. The Morgan fingerprint density at radius 1 is 1.37 bits per heavy atom. The molecule has 0 radical (unpaired) electrons. The van der Waals surface area contributed by atoms with Gasteiger partial charge in [0.15, 0.2) is 0 Å². The van der Waals surface area contributed by atoms with Crippen molar-refractivity contribution in [1.82, 2.24) is 4.90 Å². The van der Waals surface area contributed by atoms with Crippen LogP contribution in [0.3, 0.4) is 0 Å². The molecule has 0 atom stereocenters. The van der Waals surface area contributed by atoms with Crippen LogP contribution in [0.2, 0.25) is 10.0 Å². The van der Waals surface area contributed by atoms with Crippen LogP contribution in [0.15, 0.2) is 18.2 Å². The summed E-state index contributed by atoms with van der Waals surface area (Å²) in [6.45, 7) is 0.762. The van der Waals surface area contributed by atoms with Crippen molar-refractivity contribution in [1.29, 1.82) is 0 Å². The van der Waals surface area contributed by atoms with E-state index in [4.69, 9.17) is 23.2 Å². The van der Waals surface area contributed by atoms with Gasteiger partial charge in [0.05, 0.1) is 15.6 Å². The monoisotopic (exact) mass is 363 g/mol. The first kappa shape index (κ1) is 15.1. The number of alkyl halides is 1. The molecule has 0 aromatic heterocycles. The van der Waals surface area contributed by atoms with Crippen molar-refractivity contribution in [2.45, 2.75) is 31.7 Å². The van der Waals surface area contributed by atoms with E-state index in [1.54, 1.807) is 18.2 Å². The maximum Gasteiger partial charge on any atom is 0.255 e. The molecule has 1 amide bonds. The maximum absolute atomic E-state index is 12.6. The van der Waals surface area contributed by atoms with Gasteiger partial charge >= 0.3 is 0 Å². The van der Waals surface area contributed by atoms with Gasteiger partial charge in [0.2, 0.25) is 0 Å². The average molecular weight is 365 g/mol. The van der Waals surface area contributed by atoms with Crippen LogP contribution in [0.5, 0.6) is 0 Å². The second kappa shape index (κ2) is 6.96. The van der Waals surface area contributed by atoms with E-state index in [0.717, 1.165) is 31.1 Å². The maximum atomic E-state index is 12.6. The molecule has 1 fully saturated rings. The summed E-state index contributed by atoms with van der Waals surface area (Å²) < 4.78 is 0. The zero-order chi connectivity index (χ0) is 13.8. The molecule has 2 rings (SSSR count). The van der Waals surface area contributed by atoms with Gasteiger partial charge in [-0.05, 0) is 37.8 Å². The fraction of sp³-hybridized carbons (Fsp3) is 0.500. The van der Waals surface area contributed by atoms with E-state index in [0.29, 0.717) is 21.7 Å². The van der Waals surface area contributed by atoms with E-state index in [-0.39, 0.29) is 5.91 Å². The summed E-state index contributed by atoms with van der Waals surface area (Å²) in [5, 5.41) is 1.69. The van der Waals surface area contributed by atoms with Gasteiger partial charge in [0.1, 0.15) is 0 Å². The zero-order valence-electron chi connectivity index (χ0n) is 10.5. The smallest absolute Gasteiger partial charge is 0.255 e. The van der Waals surface area contributed by atoms with E-state index < -0.39 is 0 Å². The van der Waals surface area contributed by atoms with Gasteiger partial charge in [-0.2, -0.15) is 0 Å². The molecule has 0 saturated heterocycles. The Morgan fingerprint density at radius 3 is 2.68 bits per heavy atom. The number of hydrogen-bond acceptors (Lipinski definition) is 1. The minimum Gasteiger partial charge on any atom is -0.336 e. The number of nitrogens with zero attached hydrogens (tertiary/aromatic N) is 1. The lowest BCUT2D eigenvalue weighted by Crippen LogP contribution is -2.45. The van der Waals surface area contributed by atoms with Gasteiger partial charge in [-0.3, -0.25) is 4.79 Å². The Morgan fingerprint density at radius 2 is 2.11 bits per heavy atom. The lowest BCUT2D eigenvalue weighted by molar-refractivity contribution is 0.0581. The Labute approximate surface area is 132 Å². The third-order valence-corrected chi connectivity index (χ3v) is 4.87. The highest BCUT2D eigenvalue weighted by Crippen LogP contribution is 2.30. The molecular weight excluding hydrogens is 349 g/mol. The molecule has 19 heavy (non-hydrogen) atoms. The predicted molar refractivity (Wildman–Crippen MR) is 83.5 cm³/mol. The molecule has 0 unspecified atom stereocenters. The number of halogens is 3. The highest BCUT2D eigenvalue weighted by molar-refractivity contribution is 9.09. The van der Waals surface area contributed by atoms with Crippen molar-refractivity contribution in [2.24, 2.45) is 0 Å². The van der Waals surface area contributed by atoms with Crippen LogP contribution < -0.4 is 0 Å². The van der Waals surface area contributed by atoms with E-state index in [2.05, 4.69) is 15.9 Å². The van der Waals surface area contributed by atoms with Crippen LogP contribution in [0.1, 0.15) is 36.0 Å². The molecule has 1 aliphatic carbocycles. The topological polar surface area (TPSA) is 20.3 Å². The van der Waals surface area contributed by atoms with Crippen molar-refractivity contribution < 1.29 is 4.79 Å². The van der Waals surface area contributed by atoms with Gasteiger partial charge in [0.25, 0.3) is 5.91 Å². The summed E-state index contributed by atoms with van der Waals surface area (Å²) in [5.74, 6) is -0.00171. The van der Waals surface area contributed by atoms with Crippen LogP contribution in [-0.4, -0.2) is 28.7 Å². The average Bonchev–Trinajstić information content (AvgIpc) is 2.34. The fourth-order valence-electron chi connectivity index (χ4n) is 2.20. The van der Waals surface area contributed by atoms with E-state index in [1.807, 2.05) is 4.90 Å². The molecule has 0 spiro atoms. The summed E-state index contributed by atoms with van der Waals surface area (Å²) in [6, 6.07) is 5.58. The molecular formula is C14H16BrCl2NO. The first-order valence-corrected chi connectivity index (χ1v) is 8.34. The third-order valence-electron chi connectivity index (χ3n) is 3.49. The molecule has 1 saturated carbocycles. The highest BCUT2D eigenvalue weighted by atomic mass is 79.9. The Kier molecular flexibility index (Phi) is 5.55. The number of amides is 1. The predicted octanol–water partition coefficient (Wildman–Crippen LogP) is 4.77. The number of rotatable bonds is 5. The van der Waals surface area contributed by atoms with E-state index >= 15 is 0 Å². The molecule has 1 aromatic carbocycles. The van der Waals surface area contributed by atoms with Crippen LogP contribution in [0, 0.1) is 0 Å². The molecule has 1 aliphatic rings. The second-order valence-corrected chi connectivity index (χ2v) is 6.31. The second-order valence-electron chi connectivity index (χ2n) is 4.73. The number of carbonyl (C=O) groups excluding carboxylic acids is 1. The largest absolute Gasteiger partial charge is 0.336 e. The summed E-state index contributed by atoms with van der Waals surface area (Å²) in [4.78, 5) is 14.6. The highest BCUT2D eigenvalue weighted by Gasteiger charge is 2.30. The minimum absolute atomic E-state index is 0.00171. The van der Waals surface area contributed by atoms with Gasteiger partial charge in [-0.1, -0.05) is 45.2 Å². The van der Waals surface area contributed by atoms with Crippen LogP contribution in [0.4, 0.5) is 0 Å². The molecule has 2 nitrogen and oxygen atoms in total. The van der Waals surface area contributed by atoms with Gasteiger partial charge < -0.3 is 4.90 Å². The lowest BCUT2D eigenvalue weighted by atomic mass is 9.91. The summed E-state index contributed by atoms with van der Waals surface area (Å²) in [6.07, 6.45) is 4.32. The molecule has 1 aromatic rings. The Balaban J connectivity index is 2.20. The number of benzene rings is 1. The molecule has 0 aliphatic heterocycles. The lowest BCUT2D eigenvalue weighted by Gasteiger charge is -2.37. The summed E-state index contributed by atoms with van der Waals surface area (Å²) in [5.41, 5.74) is 0.510. The fourth-order valence-corrected chi connectivity index (χ4v) is 2.83. The molecule has 104 valence electrons. The van der Waals surface area contributed by atoms with Gasteiger partial charge in [-0.25, -0.2) is 0 Å². The molecule has 0 heterocycles. The van der Waals surface area contributed by atoms with Crippen LogP contribution in [0.25, 0.3) is 0 Å². The minimum atomic E-state index is -0.00171. The Bertz CT molecular complexity index is 463.